The first-order chi connectivity index (χ1) is 11.3. The average molecular weight is 328 g/mol. The lowest BCUT2D eigenvalue weighted by Gasteiger charge is -2.14. The molecule has 2 heterocycles. The highest BCUT2D eigenvalue weighted by Gasteiger charge is 2.07. The fourth-order valence-electron chi connectivity index (χ4n) is 2.93. The Morgan fingerprint density at radius 3 is 2.38 bits per heavy atom. The molecule has 0 radical (unpaired) electrons. The molecule has 0 aromatic carbocycles. The fraction of sp³-hybridized carbons (Fsp3) is 0.500. The maximum Gasteiger partial charge on any atom is 0.250 e. The highest BCUT2D eigenvalue weighted by molar-refractivity contribution is 5.12. The van der Waals surface area contributed by atoms with Crippen molar-refractivity contribution in [2.75, 3.05) is 0 Å². The zero-order valence-electron chi connectivity index (χ0n) is 15.2. The third-order valence-corrected chi connectivity index (χ3v) is 4.30. The molecule has 0 saturated heterocycles. The Bertz CT molecular complexity index is 787. The van der Waals surface area contributed by atoms with Crippen LogP contribution in [0.2, 0.25) is 0 Å². The van der Waals surface area contributed by atoms with Crippen LogP contribution in [0, 0.1) is 11.8 Å². The lowest BCUT2D eigenvalue weighted by Crippen LogP contribution is -2.21. The third-order valence-electron chi connectivity index (χ3n) is 4.30. The van der Waals surface area contributed by atoms with Gasteiger partial charge in [-0.05, 0) is 48.3 Å². The summed E-state index contributed by atoms with van der Waals surface area (Å²) in [7, 11) is 1.76. The van der Waals surface area contributed by atoms with Crippen molar-refractivity contribution in [3.05, 3.63) is 68.5 Å². The molecule has 0 saturated carbocycles. The summed E-state index contributed by atoms with van der Waals surface area (Å²) in [4.78, 5) is 23.7. The SMILES string of the molecule is CC(C)Cc1ccc(=O)n(CCC(C)Cc2ccn(C)c(=O)c2)c1. The highest BCUT2D eigenvalue weighted by atomic mass is 16.1. The summed E-state index contributed by atoms with van der Waals surface area (Å²) in [5, 5.41) is 0. The van der Waals surface area contributed by atoms with Crippen molar-refractivity contribution in [1.29, 1.82) is 0 Å². The van der Waals surface area contributed by atoms with Crippen LogP contribution in [0.5, 0.6) is 0 Å². The summed E-state index contributed by atoms with van der Waals surface area (Å²) in [6.45, 7) is 7.25. The molecular weight excluding hydrogens is 300 g/mol. The Kier molecular flexibility index (Phi) is 6.18. The number of aromatic nitrogens is 2. The Morgan fingerprint density at radius 1 is 0.958 bits per heavy atom. The van der Waals surface area contributed by atoms with E-state index in [1.165, 1.54) is 5.56 Å². The topological polar surface area (TPSA) is 44.0 Å². The van der Waals surface area contributed by atoms with Gasteiger partial charge >= 0.3 is 0 Å². The molecule has 1 unspecified atom stereocenters. The Labute approximate surface area is 143 Å². The molecule has 0 aliphatic carbocycles. The molecule has 4 nitrogen and oxygen atoms in total. The summed E-state index contributed by atoms with van der Waals surface area (Å²) in [6.07, 6.45) is 6.57. The highest BCUT2D eigenvalue weighted by Crippen LogP contribution is 2.12. The van der Waals surface area contributed by atoms with Crippen LogP contribution in [0.1, 0.15) is 38.3 Å². The van der Waals surface area contributed by atoms with Crippen molar-refractivity contribution in [3.8, 4) is 0 Å². The number of pyridine rings is 2. The van der Waals surface area contributed by atoms with E-state index in [4.69, 9.17) is 0 Å². The van der Waals surface area contributed by atoms with Crippen LogP contribution in [0.15, 0.2) is 46.2 Å². The van der Waals surface area contributed by atoms with Gasteiger partial charge in [0.05, 0.1) is 0 Å². The molecule has 0 amide bonds. The maximum atomic E-state index is 12.0. The van der Waals surface area contributed by atoms with Gasteiger partial charge in [-0.25, -0.2) is 0 Å². The summed E-state index contributed by atoms with van der Waals surface area (Å²) < 4.78 is 3.40. The molecule has 2 rings (SSSR count). The van der Waals surface area contributed by atoms with E-state index in [9.17, 15) is 9.59 Å². The van der Waals surface area contributed by atoms with Crippen molar-refractivity contribution < 1.29 is 0 Å². The van der Waals surface area contributed by atoms with Crippen LogP contribution in [0.25, 0.3) is 0 Å². The number of rotatable bonds is 7. The van der Waals surface area contributed by atoms with Crippen LogP contribution in [-0.4, -0.2) is 9.13 Å². The molecule has 0 bridgehead atoms. The van der Waals surface area contributed by atoms with Crippen molar-refractivity contribution in [1.82, 2.24) is 9.13 Å². The van der Waals surface area contributed by atoms with Crippen molar-refractivity contribution in [2.24, 2.45) is 18.9 Å². The van der Waals surface area contributed by atoms with Crippen molar-refractivity contribution in [3.63, 3.8) is 0 Å². The Balaban J connectivity index is 1.98. The molecule has 4 heteroatoms. The summed E-state index contributed by atoms with van der Waals surface area (Å²) >= 11 is 0. The molecule has 2 aromatic rings. The molecule has 1 atom stereocenters. The molecular formula is C20H28N2O2. The molecule has 0 aliphatic heterocycles. The molecule has 0 fully saturated rings. The first-order valence-electron chi connectivity index (χ1n) is 8.70. The normalized spacial score (nSPS) is 12.5. The van der Waals surface area contributed by atoms with Crippen LogP contribution in [0.4, 0.5) is 0 Å². The lowest BCUT2D eigenvalue weighted by molar-refractivity contribution is 0.470. The van der Waals surface area contributed by atoms with Gasteiger partial charge in [0.15, 0.2) is 0 Å². The molecule has 0 N–H and O–H groups in total. The second-order valence-corrected chi connectivity index (χ2v) is 7.25. The largest absolute Gasteiger partial charge is 0.319 e. The van der Waals surface area contributed by atoms with E-state index in [0.717, 1.165) is 31.4 Å². The van der Waals surface area contributed by atoms with E-state index in [1.54, 1.807) is 23.7 Å². The number of nitrogens with zero attached hydrogens (tertiary/aromatic N) is 2. The van der Waals surface area contributed by atoms with E-state index in [1.807, 2.05) is 29.1 Å². The molecule has 2 aromatic heterocycles. The van der Waals surface area contributed by atoms with Gasteiger partial charge in [0.25, 0.3) is 11.1 Å². The van der Waals surface area contributed by atoms with Gasteiger partial charge in [0.1, 0.15) is 0 Å². The lowest BCUT2D eigenvalue weighted by atomic mass is 9.98. The fourth-order valence-corrected chi connectivity index (χ4v) is 2.93. The average Bonchev–Trinajstić information content (AvgIpc) is 2.51. The predicted molar refractivity (Wildman–Crippen MR) is 98.4 cm³/mol. The van der Waals surface area contributed by atoms with E-state index in [2.05, 4.69) is 20.8 Å². The summed E-state index contributed by atoms with van der Waals surface area (Å²) in [6, 6.07) is 7.30. The van der Waals surface area contributed by atoms with Gasteiger partial charge in [0, 0.05) is 38.1 Å². The standard InChI is InChI=1S/C20H28N2O2/c1-15(2)11-18-5-6-19(23)22(14-18)10-7-16(3)12-17-8-9-21(4)20(24)13-17/h5-6,8-9,13-16H,7,10-12H2,1-4H3. The first-order valence-corrected chi connectivity index (χ1v) is 8.70. The second kappa shape index (κ2) is 8.13. The quantitative estimate of drug-likeness (QED) is 0.784. The maximum absolute atomic E-state index is 12.0. The smallest absolute Gasteiger partial charge is 0.250 e. The third kappa shape index (κ3) is 5.22. The minimum absolute atomic E-state index is 0.0253. The molecule has 130 valence electrons. The minimum Gasteiger partial charge on any atom is -0.319 e. The zero-order chi connectivity index (χ0) is 17.7. The molecule has 24 heavy (non-hydrogen) atoms. The zero-order valence-corrected chi connectivity index (χ0v) is 15.2. The van der Waals surface area contributed by atoms with E-state index in [0.29, 0.717) is 11.8 Å². The van der Waals surface area contributed by atoms with E-state index < -0.39 is 0 Å². The van der Waals surface area contributed by atoms with Gasteiger partial charge in [-0.3, -0.25) is 9.59 Å². The first kappa shape index (κ1) is 18.2. The monoisotopic (exact) mass is 328 g/mol. The van der Waals surface area contributed by atoms with Crippen LogP contribution < -0.4 is 11.1 Å². The summed E-state index contributed by atoms with van der Waals surface area (Å²) in [5.41, 5.74) is 2.36. The van der Waals surface area contributed by atoms with Gasteiger partial charge in [-0.1, -0.05) is 26.8 Å². The van der Waals surface area contributed by atoms with Gasteiger partial charge in [0.2, 0.25) is 0 Å². The minimum atomic E-state index is 0.0253. The number of hydrogen-bond acceptors (Lipinski definition) is 2. The molecule has 0 aliphatic rings. The van der Waals surface area contributed by atoms with Gasteiger partial charge in [-0.2, -0.15) is 0 Å². The number of aryl methyl sites for hydroxylation is 2. The Hall–Kier alpha value is -2.10. The van der Waals surface area contributed by atoms with E-state index in [-0.39, 0.29) is 11.1 Å². The van der Waals surface area contributed by atoms with E-state index >= 15 is 0 Å². The van der Waals surface area contributed by atoms with Crippen molar-refractivity contribution in [2.45, 2.75) is 46.6 Å². The van der Waals surface area contributed by atoms with Crippen molar-refractivity contribution >= 4 is 0 Å². The van der Waals surface area contributed by atoms with Gasteiger partial charge in [-0.15, -0.1) is 0 Å². The Morgan fingerprint density at radius 2 is 1.71 bits per heavy atom. The summed E-state index contributed by atoms with van der Waals surface area (Å²) in [5.74, 6) is 0.994. The number of hydrogen-bond donors (Lipinski definition) is 0. The van der Waals surface area contributed by atoms with Crippen LogP contribution in [0.3, 0.4) is 0 Å². The van der Waals surface area contributed by atoms with Gasteiger partial charge < -0.3 is 9.13 Å². The van der Waals surface area contributed by atoms with Crippen LogP contribution >= 0.6 is 0 Å². The molecule has 0 spiro atoms. The second-order valence-electron chi connectivity index (χ2n) is 7.25. The van der Waals surface area contributed by atoms with Crippen LogP contribution in [-0.2, 0) is 26.4 Å². The predicted octanol–water partition coefficient (Wildman–Crippen LogP) is 3.01.